The van der Waals surface area contributed by atoms with Crippen LogP contribution in [0.5, 0.6) is 5.75 Å². The Kier molecular flexibility index (Phi) is 3.46. The van der Waals surface area contributed by atoms with E-state index in [1.807, 2.05) is 24.4 Å². The van der Waals surface area contributed by atoms with E-state index in [1.165, 1.54) is 10.9 Å². The Morgan fingerprint density at radius 3 is 2.65 bits per heavy atom. The van der Waals surface area contributed by atoms with E-state index in [2.05, 4.69) is 41.4 Å². The maximum atomic E-state index is 5.34. The van der Waals surface area contributed by atoms with Crippen molar-refractivity contribution in [3.8, 4) is 5.75 Å². The van der Waals surface area contributed by atoms with Crippen LogP contribution in [0.3, 0.4) is 0 Å². The predicted octanol–water partition coefficient (Wildman–Crippen LogP) is 4.51. The Bertz CT molecular complexity index is 957. The van der Waals surface area contributed by atoms with Gasteiger partial charge in [0.25, 0.3) is 0 Å². The molecule has 114 valence electrons. The molecule has 0 saturated heterocycles. The Hall–Kier alpha value is -2.81. The van der Waals surface area contributed by atoms with Crippen molar-refractivity contribution >= 4 is 21.8 Å². The number of hydrogen-bond acceptors (Lipinski definition) is 2. The molecule has 0 spiro atoms. The monoisotopic (exact) mass is 302 g/mol. The van der Waals surface area contributed by atoms with Crippen molar-refractivity contribution in [1.82, 2.24) is 9.97 Å². The third kappa shape index (κ3) is 2.55. The summed E-state index contributed by atoms with van der Waals surface area (Å²) in [4.78, 5) is 8.24. The highest BCUT2D eigenvalue weighted by Gasteiger charge is 2.10. The number of hydrogen-bond donors (Lipinski definition) is 1. The van der Waals surface area contributed by atoms with Gasteiger partial charge in [0.1, 0.15) is 5.75 Å². The second kappa shape index (κ2) is 5.76. The Balaban J connectivity index is 1.79. The molecular weight excluding hydrogens is 284 g/mol. The van der Waals surface area contributed by atoms with Gasteiger partial charge in [0, 0.05) is 23.0 Å². The quantitative estimate of drug-likeness (QED) is 0.602. The zero-order valence-electron chi connectivity index (χ0n) is 13.0. The third-order valence-corrected chi connectivity index (χ3v) is 4.28. The lowest BCUT2D eigenvalue weighted by atomic mass is 10.0. The first-order chi connectivity index (χ1) is 11.3. The molecule has 1 N–H and O–H groups in total. The minimum absolute atomic E-state index is 0.842. The molecule has 2 heterocycles. The molecule has 3 nitrogen and oxygen atoms in total. The van der Waals surface area contributed by atoms with E-state index >= 15 is 0 Å². The lowest BCUT2D eigenvalue weighted by Gasteiger charge is -2.08. The first kappa shape index (κ1) is 13.8. The lowest BCUT2D eigenvalue weighted by molar-refractivity contribution is 0.415. The normalized spacial score (nSPS) is 11.2. The van der Waals surface area contributed by atoms with Crippen molar-refractivity contribution < 1.29 is 4.74 Å². The maximum absolute atomic E-state index is 5.34. The molecule has 0 amide bonds. The molecule has 0 atom stereocenters. The fourth-order valence-corrected chi connectivity index (χ4v) is 3.08. The smallest absolute Gasteiger partial charge is 0.121 e. The van der Waals surface area contributed by atoms with Crippen molar-refractivity contribution in [2.45, 2.75) is 12.8 Å². The summed E-state index contributed by atoms with van der Waals surface area (Å²) < 4.78 is 5.34. The second-order valence-corrected chi connectivity index (χ2v) is 5.69. The molecule has 0 aliphatic heterocycles. The van der Waals surface area contributed by atoms with Crippen LogP contribution in [0.1, 0.15) is 11.3 Å². The van der Waals surface area contributed by atoms with Gasteiger partial charge in [0.05, 0.1) is 23.8 Å². The van der Waals surface area contributed by atoms with Gasteiger partial charge in [-0.1, -0.05) is 30.3 Å². The van der Waals surface area contributed by atoms with Crippen molar-refractivity contribution in [1.29, 1.82) is 0 Å². The highest BCUT2D eigenvalue weighted by Crippen LogP contribution is 2.28. The molecule has 3 heteroatoms. The molecule has 0 radical (unpaired) electrons. The summed E-state index contributed by atoms with van der Waals surface area (Å²) in [5.74, 6) is 0.842. The van der Waals surface area contributed by atoms with E-state index in [0.717, 1.165) is 40.7 Å². The minimum Gasteiger partial charge on any atom is -0.497 e. The number of H-pyrrole nitrogens is 1. The van der Waals surface area contributed by atoms with E-state index in [-0.39, 0.29) is 0 Å². The van der Waals surface area contributed by atoms with Crippen molar-refractivity contribution in [2.75, 3.05) is 7.11 Å². The van der Waals surface area contributed by atoms with Crippen LogP contribution < -0.4 is 4.74 Å². The number of fused-ring (bicyclic) bond motifs is 3. The number of methoxy groups -OCH3 is 1. The van der Waals surface area contributed by atoms with Gasteiger partial charge >= 0.3 is 0 Å². The molecular formula is C20H18N2O. The minimum atomic E-state index is 0.842. The molecule has 2 aromatic heterocycles. The Morgan fingerprint density at radius 2 is 1.83 bits per heavy atom. The molecule has 0 unspecified atom stereocenters. The molecule has 0 saturated carbocycles. The number of nitrogens with zero attached hydrogens (tertiary/aromatic N) is 1. The van der Waals surface area contributed by atoms with Crippen LogP contribution in [0.15, 0.2) is 60.8 Å². The number of ether oxygens (including phenoxy) is 1. The van der Waals surface area contributed by atoms with Crippen molar-refractivity contribution in [3.05, 3.63) is 72.1 Å². The molecule has 0 aliphatic carbocycles. The van der Waals surface area contributed by atoms with Crippen LogP contribution in [-0.2, 0) is 12.8 Å². The first-order valence-corrected chi connectivity index (χ1v) is 7.83. The van der Waals surface area contributed by atoms with Gasteiger partial charge in [0.15, 0.2) is 0 Å². The SMILES string of the molecule is COc1ccc2c(c1)nc(CCc1ccccc1)c1[nH]ccc12. The predicted molar refractivity (Wildman–Crippen MR) is 94.0 cm³/mol. The summed E-state index contributed by atoms with van der Waals surface area (Å²) in [6.07, 6.45) is 3.88. The van der Waals surface area contributed by atoms with Gasteiger partial charge in [-0.15, -0.1) is 0 Å². The number of aromatic nitrogens is 2. The standard InChI is InChI=1S/C20H18N2O/c1-23-15-8-9-16-17-11-12-21-20(17)18(22-19(16)13-15)10-7-14-5-3-2-4-6-14/h2-6,8-9,11-13,21H,7,10H2,1H3. The molecule has 23 heavy (non-hydrogen) atoms. The fourth-order valence-electron chi connectivity index (χ4n) is 3.08. The second-order valence-electron chi connectivity index (χ2n) is 5.69. The molecule has 2 aromatic carbocycles. The molecule has 4 rings (SSSR count). The van der Waals surface area contributed by atoms with E-state index < -0.39 is 0 Å². The average molecular weight is 302 g/mol. The van der Waals surface area contributed by atoms with E-state index in [1.54, 1.807) is 7.11 Å². The number of pyridine rings is 1. The molecule has 0 aliphatic rings. The van der Waals surface area contributed by atoms with Crippen LogP contribution in [0, 0.1) is 0 Å². The van der Waals surface area contributed by atoms with Gasteiger partial charge < -0.3 is 9.72 Å². The topological polar surface area (TPSA) is 37.9 Å². The summed E-state index contributed by atoms with van der Waals surface area (Å²) >= 11 is 0. The number of aromatic amines is 1. The van der Waals surface area contributed by atoms with E-state index in [9.17, 15) is 0 Å². The lowest BCUT2D eigenvalue weighted by Crippen LogP contribution is -1.97. The van der Waals surface area contributed by atoms with Gasteiger partial charge in [-0.25, -0.2) is 0 Å². The number of rotatable bonds is 4. The first-order valence-electron chi connectivity index (χ1n) is 7.83. The van der Waals surface area contributed by atoms with Crippen molar-refractivity contribution in [2.24, 2.45) is 0 Å². The summed E-state index contributed by atoms with van der Waals surface area (Å²) in [6, 6.07) is 18.7. The van der Waals surface area contributed by atoms with E-state index in [4.69, 9.17) is 9.72 Å². The number of aryl methyl sites for hydroxylation is 2. The Labute approximate surface area is 134 Å². The van der Waals surface area contributed by atoms with Crippen molar-refractivity contribution in [3.63, 3.8) is 0 Å². The van der Waals surface area contributed by atoms with Gasteiger partial charge in [-0.2, -0.15) is 0 Å². The van der Waals surface area contributed by atoms with Gasteiger partial charge in [-0.3, -0.25) is 4.98 Å². The third-order valence-electron chi connectivity index (χ3n) is 4.28. The highest BCUT2D eigenvalue weighted by atomic mass is 16.5. The molecule has 0 fully saturated rings. The largest absolute Gasteiger partial charge is 0.497 e. The van der Waals surface area contributed by atoms with Crippen LogP contribution in [-0.4, -0.2) is 17.1 Å². The average Bonchev–Trinajstić information content (AvgIpc) is 3.10. The van der Waals surface area contributed by atoms with Gasteiger partial charge in [-0.05, 0) is 36.6 Å². The van der Waals surface area contributed by atoms with Crippen LogP contribution >= 0.6 is 0 Å². The summed E-state index contributed by atoms with van der Waals surface area (Å²) in [5.41, 5.74) is 4.56. The summed E-state index contributed by atoms with van der Waals surface area (Å²) in [6.45, 7) is 0. The zero-order chi connectivity index (χ0) is 15.6. The summed E-state index contributed by atoms with van der Waals surface area (Å²) in [7, 11) is 1.69. The molecule has 0 bridgehead atoms. The van der Waals surface area contributed by atoms with Crippen LogP contribution in [0.2, 0.25) is 0 Å². The number of nitrogens with one attached hydrogen (secondary N) is 1. The fraction of sp³-hybridized carbons (Fsp3) is 0.150. The summed E-state index contributed by atoms with van der Waals surface area (Å²) in [5, 5.41) is 2.38. The number of benzene rings is 2. The Morgan fingerprint density at radius 1 is 0.957 bits per heavy atom. The van der Waals surface area contributed by atoms with E-state index in [0.29, 0.717) is 0 Å². The molecule has 4 aromatic rings. The highest BCUT2D eigenvalue weighted by molar-refractivity contribution is 6.05. The zero-order valence-corrected chi connectivity index (χ0v) is 13.0. The van der Waals surface area contributed by atoms with Gasteiger partial charge in [0.2, 0.25) is 0 Å². The van der Waals surface area contributed by atoms with Crippen LogP contribution in [0.4, 0.5) is 0 Å². The maximum Gasteiger partial charge on any atom is 0.121 e. The van der Waals surface area contributed by atoms with Crippen LogP contribution in [0.25, 0.3) is 21.8 Å².